The van der Waals surface area contributed by atoms with Crippen LogP contribution in [0.5, 0.6) is 0 Å². The second-order valence-corrected chi connectivity index (χ2v) is 6.44. The molecule has 2 amide bonds. The van der Waals surface area contributed by atoms with Crippen molar-refractivity contribution < 1.29 is 9.59 Å². The minimum Gasteiger partial charge on any atom is -0.347 e. The maximum absolute atomic E-state index is 12.2. The zero-order valence-corrected chi connectivity index (χ0v) is 13.2. The summed E-state index contributed by atoms with van der Waals surface area (Å²) in [5.41, 5.74) is 0.631. The Labute approximate surface area is 120 Å². The van der Waals surface area contributed by atoms with Crippen LogP contribution < -0.4 is 0 Å². The van der Waals surface area contributed by atoms with Crippen LogP contribution in [0.3, 0.4) is 0 Å². The second kappa shape index (κ2) is 6.89. The van der Waals surface area contributed by atoms with Gasteiger partial charge >= 0.3 is 0 Å². The molecule has 1 rings (SSSR count). The number of likely N-dealkylation sites (N-methyl/N-ethyl adjacent to an activating group) is 1. The predicted octanol–water partition coefficient (Wildman–Crippen LogP) is 2.45. The van der Waals surface area contributed by atoms with Crippen molar-refractivity contribution in [3.8, 4) is 0 Å². The lowest BCUT2D eigenvalue weighted by molar-refractivity contribution is -0.129. The van der Waals surface area contributed by atoms with Crippen molar-refractivity contribution in [2.24, 2.45) is 0 Å². The van der Waals surface area contributed by atoms with E-state index in [1.54, 1.807) is 30.4 Å². The number of carbonyl (C=O) groups is 2. The number of halogens is 1. The Morgan fingerprint density at radius 1 is 1.39 bits per heavy atom. The maximum atomic E-state index is 12.2. The van der Waals surface area contributed by atoms with Crippen LogP contribution in [-0.4, -0.2) is 48.8 Å². The van der Waals surface area contributed by atoms with Crippen LogP contribution in [0.4, 0.5) is 0 Å². The Balaban J connectivity index is 2.78. The predicted molar refractivity (Wildman–Crippen MR) is 76.9 cm³/mol. The Hall–Kier alpha value is -0.880. The van der Waals surface area contributed by atoms with Gasteiger partial charge < -0.3 is 9.80 Å². The van der Waals surface area contributed by atoms with E-state index in [2.05, 4.69) is 15.9 Å². The third kappa shape index (κ3) is 4.10. The molecular weight excluding hydrogens is 316 g/mol. The largest absolute Gasteiger partial charge is 0.347 e. The molecule has 0 radical (unpaired) electrons. The molecule has 0 spiro atoms. The SMILES string of the molecule is CCCN(CC(=O)N(C)C)C(=O)c1csc(Br)c1. The topological polar surface area (TPSA) is 40.6 Å². The molecule has 6 heteroatoms. The number of nitrogens with zero attached hydrogens (tertiary/aromatic N) is 2. The van der Waals surface area contributed by atoms with E-state index in [1.165, 1.54) is 16.2 Å². The third-order valence-corrected chi connectivity index (χ3v) is 3.92. The minimum atomic E-state index is -0.0889. The zero-order chi connectivity index (χ0) is 13.7. The molecule has 1 aromatic heterocycles. The van der Waals surface area contributed by atoms with Crippen LogP contribution in [0.2, 0.25) is 0 Å². The van der Waals surface area contributed by atoms with Crippen molar-refractivity contribution in [1.82, 2.24) is 9.80 Å². The van der Waals surface area contributed by atoms with Crippen LogP contribution in [0.1, 0.15) is 23.7 Å². The second-order valence-electron chi connectivity index (χ2n) is 4.15. The van der Waals surface area contributed by atoms with Gasteiger partial charge in [-0.05, 0) is 28.4 Å². The van der Waals surface area contributed by atoms with Crippen LogP contribution >= 0.6 is 27.3 Å². The molecule has 0 aliphatic carbocycles. The van der Waals surface area contributed by atoms with Crippen molar-refractivity contribution in [2.45, 2.75) is 13.3 Å². The van der Waals surface area contributed by atoms with Gasteiger partial charge in [0.1, 0.15) is 6.54 Å². The first-order valence-electron chi connectivity index (χ1n) is 5.69. The van der Waals surface area contributed by atoms with Gasteiger partial charge in [-0.15, -0.1) is 11.3 Å². The fourth-order valence-electron chi connectivity index (χ4n) is 1.43. The first-order valence-corrected chi connectivity index (χ1v) is 7.36. The van der Waals surface area contributed by atoms with Gasteiger partial charge in [-0.2, -0.15) is 0 Å². The lowest BCUT2D eigenvalue weighted by Crippen LogP contribution is -2.40. The molecule has 0 aromatic carbocycles. The molecule has 1 heterocycles. The normalized spacial score (nSPS) is 10.2. The van der Waals surface area contributed by atoms with Gasteiger partial charge in [0.15, 0.2) is 0 Å². The highest BCUT2D eigenvalue weighted by molar-refractivity contribution is 9.11. The number of rotatable bonds is 5. The fourth-order valence-corrected chi connectivity index (χ4v) is 2.56. The lowest BCUT2D eigenvalue weighted by atomic mass is 10.2. The van der Waals surface area contributed by atoms with E-state index >= 15 is 0 Å². The lowest BCUT2D eigenvalue weighted by Gasteiger charge is -2.22. The highest BCUT2D eigenvalue weighted by Gasteiger charge is 2.19. The summed E-state index contributed by atoms with van der Waals surface area (Å²) in [7, 11) is 3.39. The zero-order valence-electron chi connectivity index (χ0n) is 10.8. The summed E-state index contributed by atoms with van der Waals surface area (Å²) in [4.78, 5) is 27.0. The molecule has 0 atom stereocenters. The molecule has 18 heavy (non-hydrogen) atoms. The Bertz CT molecular complexity index is 431. The fraction of sp³-hybridized carbons (Fsp3) is 0.500. The van der Waals surface area contributed by atoms with Crippen molar-refractivity contribution in [3.63, 3.8) is 0 Å². The molecule has 1 aromatic rings. The van der Waals surface area contributed by atoms with E-state index in [9.17, 15) is 9.59 Å². The Morgan fingerprint density at radius 3 is 2.50 bits per heavy atom. The first-order chi connectivity index (χ1) is 8.45. The first kappa shape index (κ1) is 15.2. The number of amides is 2. The van der Waals surface area contributed by atoms with Crippen molar-refractivity contribution >= 4 is 39.1 Å². The van der Waals surface area contributed by atoms with E-state index in [-0.39, 0.29) is 18.4 Å². The number of carbonyl (C=O) groups excluding carboxylic acids is 2. The van der Waals surface area contributed by atoms with E-state index in [1.807, 2.05) is 6.92 Å². The highest BCUT2D eigenvalue weighted by atomic mass is 79.9. The standard InChI is InChI=1S/C12H17BrN2O2S/c1-4-5-15(7-11(16)14(2)3)12(17)9-6-10(13)18-8-9/h6,8H,4-5,7H2,1-3H3. The molecule has 0 fully saturated rings. The molecule has 0 aliphatic rings. The summed E-state index contributed by atoms with van der Waals surface area (Å²) in [6, 6.07) is 1.79. The molecule has 0 saturated carbocycles. The third-order valence-electron chi connectivity index (χ3n) is 2.42. The van der Waals surface area contributed by atoms with Crippen LogP contribution in [0.15, 0.2) is 15.2 Å². The van der Waals surface area contributed by atoms with Crippen molar-refractivity contribution in [2.75, 3.05) is 27.2 Å². The minimum absolute atomic E-state index is 0.0638. The molecule has 0 aliphatic heterocycles. The molecule has 0 unspecified atom stereocenters. The monoisotopic (exact) mass is 332 g/mol. The summed E-state index contributed by atoms with van der Waals surface area (Å²) in [5, 5.41) is 1.80. The Kier molecular flexibility index (Phi) is 5.81. The summed E-state index contributed by atoms with van der Waals surface area (Å²) in [6.45, 7) is 2.71. The van der Waals surface area contributed by atoms with Gasteiger partial charge in [0, 0.05) is 26.0 Å². The highest BCUT2D eigenvalue weighted by Crippen LogP contribution is 2.21. The average Bonchev–Trinajstić information content (AvgIpc) is 2.74. The molecule has 100 valence electrons. The quantitative estimate of drug-likeness (QED) is 0.830. The summed E-state index contributed by atoms with van der Waals surface area (Å²) < 4.78 is 0.918. The number of hydrogen-bond donors (Lipinski definition) is 0. The van der Waals surface area contributed by atoms with E-state index < -0.39 is 0 Å². The van der Waals surface area contributed by atoms with Gasteiger partial charge in [0.2, 0.25) is 5.91 Å². The smallest absolute Gasteiger partial charge is 0.255 e. The number of thiophene rings is 1. The van der Waals surface area contributed by atoms with Crippen molar-refractivity contribution in [3.05, 3.63) is 20.8 Å². The molecule has 0 bridgehead atoms. The van der Waals surface area contributed by atoms with Gasteiger partial charge in [0.05, 0.1) is 9.35 Å². The molecular formula is C12H17BrN2O2S. The van der Waals surface area contributed by atoms with E-state index in [4.69, 9.17) is 0 Å². The van der Waals surface area contributed by atoms with E-state index in [0.29, 0.717) is 12.1 Å². The van der Waals surface area contributed by atoms with Gasteiger partial charge in [-0.25, -0.2) is 0 Å². The Morgan fingerprint density at radius 2 is 2.06 bits per heavy atom. The summed E-state index contributed by atoms with van der Waals surface area (Å²) in [6.07, 6.45) is 0.831. The molecule has 4 nitrogen and oxygen atoms in total. The maximum Gasteiger partial charge on any atom is 0.255 e. The van der Waals surface area contributed by atoms with Crippen LogP contribution in [0.25, 0.3) is 0 Å². The average molecular weight is 333 g/mol. The van der Waals surface area contributed by atoms with Gasteiger partial charge in [-0.1, -0.05) is 6.92 Å². The summed E-state index contributed by atoms with van der Waals surface area (Å²) in [5.74, 6) is -0.153. The van der Waals surface area contributed by atoms with Crippen molar-refractivity contribution in [1.29, 1.82) is 0 Å². The number of hydrogen-bond acceptors (Lipinski definition) is 3. The molecule has 0 saturated heterocycles. The van der Waals surface area contributed by atoms with Gasteiger partial charge in [-0.3, -0.25) is 9.59 Å². The van der Waals surface area contributed by atoms with Crippen LogP contribution in [-0.2, 0) is 4.79 Å². The van der Waals surface area contributed by atoms with E-state index in [0.717, 1.165) is 10.2 Å². The summed E-state index contributed by atoms with van der Waals surface area (Å²) >= 11 is 4.80. The van der Waals surface area contributed by atoms with Crippen LogP contribution in [0, 0.1) is 0 Å². The van der Waals surface area contributed by atoms with Gasteiger partial charge in [0.25, 0.3) is 5.91 Å². The molecule has 0 N–H and O–H groups in total.